The highest BCUT2D eigenvalue weighted by atomic mass is 16.2. The van der Waals surface area contributed by atoms with Crippen LogP contribution < -0.4 is 0 Å². The van der Waals surface area contributed by atoms with E-state index in [-0.39, 0.29) is 11.9 Å². The van der Waals surface area contributed by atoms with Crippen molar-refractivity contribution >= 4 is 5.91 Å². The van der Waals surface area contributed by atoms with Gasteiger partial charge in [0.25, 0.3) is 0 Å². The minimum atomic E-state index is 0.0584. The quantitative estimate of drug-likeness (QED) is 0.786. The first-order valence-electron chi connectivity index (χ1n) is 7.31. The minimum absolute atomic E-state index is 0.0584. The van der Waals surface area contributed by atoms with Crippen LogP contribution in [0, 0.1) is 5.92 Å². The zero-order valence-electron chi connectivity index (χ0n) is 12.5. The Balaban J connectivity index is 2.03. The number of nitrogens with zero attached hydrogens (tertiary/aromatic N) is 2. The molecule has 1 aliphatic rings. The number of hydrogen-bond acceptors (Lipinski definition) is 2. The molecule has 2 rings (SSSR count). The molecule has 1 heterocycles. The lowest BCUT2D eigenvalue weighted by Gasteiger charge is -2.43. The number of carbonyl (C=O) groups excluding carboxylic acids is 1. The van der Waals surface area contributed by atoms with Crippen LogP contribution in [0.4, 0.5) is 0 Å². The van der Waals surface area contributed by atoms with Gasteiger partial charge >= 0.3 is 0 Å². The minimum Gasteiger partial charge on any atom is -0.333 e. The maximum Gasteiger partial charge on any atom is 0.246 e. The Labute approximate surface area is 121 Å². The van der Waals surface area contributed by atoms with Gasteiger partial charge in [0.15, 0.2) is 0 Å². The van der Waals surface area contributed by atoms with Gasteiger partial charge in [0.1, 0.15) is 0 Å². The van der Waals surface area contributed by atoms with Gasteiger partial charge in [0.2, 0.25) is 5.91 Å². The van der Waals surface area contributed by atoms with Gasteiger partial charge in [0, 0.05) is 32.2 Å². The molecule has 0 aromatic heterocycles. The van der Waals surface area contributed by atoms with E-state index in [4.69, 9.17) is 0 Å². The van der Waals surface area contributed by atoms with Crippen LogP contribution in [0.2, 0.25) is 0 Å². The van der Waals surface area contributed by atoms with Gasteiger partial charge in [-0.1, -0.05) is 50.8 Å². The van der Waals surface area contributed by atoms with Gasteiger partial charge in [0.05, 0.1) is 0 Å². The first kappa shape index (κ1) is 14.8. The highest BCUT2D eigenvalue weighted by molar-refractivity contribution is 5.87. The fraction of sp³-hybridized carbons (Fsp3) is 0.471. The Bertz CT molecular complexity index is 455. The first-order valence-corrected chi connectivity index (χ1v) is 7.31. The predicted octanol–water partition coefficient (Wildman–Crippen LogP) is 2.54. The summed E-state index contributed by atoms with van der Waals surface area (Å²) >= 11 is 0. The fourth-order valence-electron chi connectivity index (χ4n) is 2.82. The highest BCUT2D eigenvalue weighted by Gasteiger charge is 2.31. The largest absolute Gasteiger partial charge is 0.333 e. The van der Waals surface area contributed by atoms with Gasteiger partial charge in [-0.15, -0.1) is 0 Å². The third-order valence-corrected chi connectivity index (χ3v) is 3.98. The van der Waals surface area contributed by atoms with Crippen LogP contribution in [0.15, 0.2) is 43.0 Å². The summed E-state index contributed by atoms with van der Waals surface area (Å²) in [6.45, 7) is 11.6. The lowest BCUT2D eigenvalue weighted by molar-refractivity contribution is -0.132. The number of amides is 1. The second kappa shape index (κ2) is 6.71. The van der Waals surface area contributed by atoms with Crippen molar-refractivity contribution in [2.75, 3.05) is 19.6 Å². The van der Waals surface area contributed by atoms with Gasteiger partial charge < -0.3 is 4.90 Å². The molecule has 1 atom stereocenters. The maximum atomic E-state index is 11.9. The van der Waals surface area contributed by atoms with E-state index < -0.39 is 0 Å². The van der Waals surface area contributed by atoms with E-state index in [0.29, 0.717) is 5.92 Å². The molecule has 3 heteroatoms. The predicted molar refractivity (Wildman–Crippen MR) is 82.3 cm³/mol. The second-order valence-corrected chi connectivity index (χ2v) is 5.77. The Morgan fingerprint density at radius 2 is 2.05 bits per heavy atom. The Morgan fingerprint density at radius 3 is 2.65 bits per heavy atom. The van der Waals surface area contributed by atoms with Crippen LogP contribution in [-0.4, -0.2) is 41.4 Å². The number of piperazine rings is 1. The molecule has 3 nitrogen and oxygen atoms in total. The molecule has 0 saturated carbocycles. The Hall–Kier alpha value is -1.61. The fourth-order valence-corrected chi connectivity index (χ4v) is 2.82. The summed E-state index contributed by atoms with van der Waals surface area (Å²) in [7, 11) is 0. The van der Waals surface area contributed by atoms with Crippen molar-refractivity contribution in [3.63, 3.8) is 0 Å². The monoisotopic (exact) mass is 272 g/mol. The van der Waals surface area contributed by atoms with E-state index in [1.165, 1.54) is 11.6 Å². The van der Waals surface area contributed by atoms with Crippen LogP contribution in [0.3, 0.4) is 0 Å². The van der Waals surface area contributed by atoms with Gasteiger partial charge in [-0.05, 0) is 17.6 Å². The molecule has 0 N–H and O–H groups in total. The van der Waals surface area contributed by atoms with E-state index in [9.17, 15) is 4.79 Å². The summed E-state index contributed by atoms with van der Waals surface area (Å²) in [5.74, 6) is 0.514. The molecule has 0 bridgehead atoms. The standard InChI is InChI=1S/C17H24N2O/c1-4-17(20)19-11-10-18(13-16(19)14(2)3)12-15-8-6-5-7-9-15/h4-9,14,16H,1,10-13H2,2-3H3/t16-/m1/s1. The van der Waals surface area contributed by atoms with E-state index in [1.54, 1.807) is 0 Å². The zero-order chi connectivity index (χ0) is 14.5. The van der Waals surface area contributed by atoms with Crippen LogP contribution in [0.1, 0.15) is 19.4 Å². The molecular formula is C17H24N2O. The van der Waals surface area contributed by atoms with Gasteiger partial charge in [-0.2, -0.15) is 0 Å². The first-order chi connectivity index (χ1) is 9.61. The molecule has 20 heavy (non-hydrogen) atoms. The smallest absolute Gasteiger partial charge is 0.246 e. The maximum absolute atomic E-state index is 11.9. The van der Waals surface area contributed by atoms with Crippen LogP contribution in [0.25, 0.3) is 0 Å². The van der Waals surface area contributed by atoms with Crippen LogP contribution in [0.5, 0.6) is 0 Å². The highest BCUT2D eigenvalue weighted by Crippen LogP contribution is 2.19. The summed E-state index contributed by atoms with van der Waals surface area (Å²) < 4.78 is 0. The summed E-state index contributed by atoms with van der Waals surface area (Å²) in [6, 6.07) is 10.8. The van der Waals surface area contributed by atoms with Crippen molar-refractivity contribution in [1.29, 1.82) is 0 Å². The topological polar surface area (TPSA) is 23.6 Å². The van der Waals surface area contributed by atoms with Crippen molar-refractivity contribution in [3.05, 3.63) is 48.6 Å². The molecule has 0 radical (unpaired) electrons. The molecule has 1 aromatic rings. The molecule has 0 spiro atoms. The molecule has 1 aromatic carbocycles. The molecule has 108 valence electrons. The lowest BCUT2D eigenvalue weighted by atomic mass is 9.99. The van der Waals surface area contributed by atoms with Crippen molar-refractivity contribution in [2.24, 2.45) is 5.92 Å². The average Bonchev–Trinajstić information content (AvgIpc) is 2.47. The number of carbonyl (C=O) groups is 1. The zero-order valence-corrected chi connectivity index (χ0v) is 12.5. The van der Waals surface area contributed by atoms with Crippen molar-refractivity contribution in [3.8, 4) is 0 Å². The summed E-state index contributed by atoms with van der Waals surface area (Å²) in [4.78, 5) is 16.3. The Kier molecular flexibility index (Phi) is 4.96. The summed E-state index contributed by atoms with van der Waals surface area (Å²) in [5.41, 5.74) is 1.33. The third-order valence-electron chi connectivity index (χ3n) is 3.98. The molecule has 0 aliphatic carbocycles. The van der Waals surface area contributed by atoms with Crippen LogP contribution in [-0.2, 0) is 11.3 Å². The van der Waals surface area contributed by atoms with Crippen molar-refractivity contribution in [1.82, 2.24) is 9.80 Å². The van der Waals surface area contributed by atoms with Gasteiger partial charge in [-0.3, -0.25) is 9.69 Å². The van der Waals surface area contributed by atoms with Crippen LogP contribution >= 0.6 is 0 Å². The van der Waals surface area contributed by atoms with E-state index >= 15 is 0 Å². The van der Waals surface area contributed by atoms with Gasteiger partial charge in [-0.25, -0.2) is 0 Å². The molecule has 1 saturated heterocycles. The average molecular weight is 272 g/mol. The summed E-state index contributed by atoms with van der Waals surface area (Å²) in [6.07, 6.45) is 1.43. The van der Waals surface area contributed by atoms with E-state index in [0.717, 1.165) is 26.2 Å². The second-order valence-electron chi connectivity index (χ2n) is 5.77. The van der Waals surface area contributed by atoms with E-state index in [1.807, 2.05) is 11.0 Å². The van der Waals surface area contributed by atoms with E-state index in [2.05, 4.69) is 49.6 Å². The summed E-state index contributed by atoms with van der Waals surface area (Å²) in [5, 5.41) is 0. The van der Waals surface area contributed by atoms with Crippen molar-refractivity contribution in [2.45, 2.75) is 26.4 Å². The van der Waals surface area contributed by atoms with Crippen molar-refractivity contribution < 1.29 is 4.79 Å². The number of rotatable bonds is 4. The molecular weight excluding hydrogens is 248 g/mol. The normalized spacial score (nSPS) is 20.1. The SMILES string of the molecule is C=CC(=O)N1CCN(Cc2ccccc2)C[C@@H]1C(C)C. The number of benzene rings is 1. The Morgan fingerprint density at radius 1 is 1.35 bits per heavy atom. The molecule has 1 fully saturated rings. The molecule has 1 aliphatic heterocycles. The number of hydrogen-bond donors (Lipinski definition) is 0. The third kappa shape index (κ3) is 3.48. The lowest BCUT2D eigenvalue weighted by Crippen LogP contribution is -2.56. The molecule has 1 amide bonds. The molecule has 0 unspecified atom stereocenters.